The maximum atomic E-state index is 11.6. The lowest BCUT2D eigenvalue weighted by Crippen LogP contribution is -2.33. The zero-order chi connectivity index (χ0) is 19.3. The standard InChI is InChI=1S/C22H24N4O2/c23-22(27)18-6-1-4-16(12-18)14-26(11-9-19-13-24-15-28-19)20-8-2-5-17-7-3-10-25-21(17)20/h1,3-4,6-7,10,12-13,15,20H,2,5,8-9,11,14H2,(H2,23,27). The van der Waals surface area contributed by atoms with E-state index in [1.54, 1.807) is 12.3 Å². The van der Waals surface area contributed by atoms with Crippen LogP contribution in [0.4, 0.5) is 0 Å². The Labute approximate surface area is 164 Å². The van der Waals surface area contributed by atoms with Gasteiger partial charge in [0.2, 0.25) is 5.91 Å². The first kappa shape index (κ1) is 18.4. The number of hydrogen-bond donors (Lipinski definition) is 1. The predicted molar refractivity (Wildman–Crippen MR) is 105 cm³/mol. The van der Waals surface area contributed by atoms with E-state index < -0.39 is 5.91 Å². The van der Waals surface area contributed by atoms with Crippen LogP contribution in [0.25, 0.3) is 0 Å². The number of oxazole rings is 1. The number of rotatable bonds is 7. The first-order chi connectivity index (χ1) is 13.7. The molecule has 0 spiro atoms. The first-order valence-corrected chi connectivity index (χ1v) is 9.64. The minimum Gasteiger partial charge on any atom is -0.448 e. The second kappa shape index (κ2) is 8.35. The number of carbonyl (C=O) groups excluding carboxylic acids is 1. The van der Waals surface area contributed by atoms with Crippen LogP contribution in [-0.4, -0.2) is 27.3 Å². The molecular formula is C22H24N4O2. The molecule has 1 unspecified atom stereocenters. The molecule has 2 heterocycles. The molecule has 0 bridgehead atoms. The van der Waals surface area contributed by atoms with Gasteiger partial charge >= 0.3 is 0 Å². The molecule has 1 aliphatic carbocycles. The van der Waals surface area contributed by atoms with Crippen LogP contribution in [0.5, 0.6) is 0 Å². The van der Waals surface area contributed by atoms with E-state index >= 15 is 0 Å². The zero-order valence-electron chi connectivity index (χ0n) is 15.8. The van der Waals surface area contributed by atoms with E-state index in [4.69, 9.17) is 15.1 Å². The van der Waals surface area contributed by atoms with Gasteiger partial charge in [-0.15, -0.1) is 0 Å². The van der Waals surface area contributed by atoms with Gasteiger partial charge < -0.3 is 10.2 Å². The topological polar surface area (TPSA) is 85.3 Å². The Morgan fingerprint density at radius 2 is 2.21 bits per heavy atom. The summed E-state index contributed by atoms with van der Waals surface area (Å²) in [6.45, 7) is 1.53. The van der Waals surface area contributed by atoms with Crippen LogP contribution >= 0.6 is 0 Å². The minimum atomic E-state index is -0.403. The first-order valence-electron chi connectivity index (χ1n) is 9.64. The summed E-state index contributed by atoms with van der Waals surface area (Å²) in [6, 6.07) is 12.0. The van der Waals surface area contributed by atoms with Crippen LogP contribution in [-0.2, 0) is 19.4 Å². The Bertz CT molecular complexity index is 939. The number of carbonyl (C=O) groups is 1. The fourth-order valence-corrected chi connectivity index (χ4v) is 3.96. The molecule has 3 aromatic rings. The van der Waals surface area contributed by atoms with Crippen molar-refractivity contribution in [2.24, 2.45) is 5.73 Å². The average molecular weight is 376 g/mol. The molecule has 1 aromatic carbocycles. The third kappa shape index (κ3) is 4.12. The van der Waals surface area contributed by atoms with Gasteiger partial charge in [0, 0.05) is 31.3 Å². The highest BCUT2D eigenvalue weighted by molar-refractivity contribution is 5.92. The summed E-state index contributed by atoms with van der Waals surface area (Å²) in [6.07, 6.45) is 9.16. The van der Waals surface area contributed by atoms with Gasteiger partial charge in [-0.1, -0.05) is 18.2 Å². The van der Waals surface area contributed by atoms with Crippen LogP contribution in [0, 0.1) is 0 Å². The van der Waals surface area contributed by atoms with E-state index in [1.807, 2.05) is 30.5 Å². The molecule has 2 N–H and O–H groups in total. The highest BCUT2D eigenvalue weighted by Crippen LogP contribution is 2.33. The molecule has 1 amide bonds. The van der Waals surface area contributed by atoms with E-state index in [0.29, 0.717) is 5.56 Å². The zero-order valence-corrected chi connectivity index (χ0v) is 15.8. The molecule has 4 rings (SSSR count). The van der Waals surface area contributed by atoms with Crippen LogP contribution in [0.2, 0.25) is 0 Å². The lowest BCUT2D eigenvalue weighted by molar-refractivity contribution is 0.1000. The summed E-state index contributed by atoms with van der Waals surface area (Å²) >= 11 is 0. The Morgan fingerprint density at radius 3 is 3.04 bits per heavy atom. The number of aryl methyl sites for hydroxylation is 1. The van der Waals surface area contributed by atoms with E-state index in [0.717, 1.165) is 55.8 Å². The summed E-state index contributed by atoms with van der Waals surface area (Å²) in [5, 5.41) is 0. The van der Waals surface area contributed by atoms with Crippen molar-refractivity contribution in [1.82, 2.24) is 14.9 Å². The number of fused-ring (bicyclic) bond motifs is 1. The Balaban J connectivity index is 1.61. The quantitative estimate of drug-likeness (QED) is 0.684. The number of nitrogens with zero attached hydrogens (tertiary/aromatic N) is 3. The Kier molecular flexibility index (Phi) is 5.48. The number of amides is 1. The average Bonchev–Trinajstić information content (AvgIpc) is 3.24. The van der Waals surface area contributed by atoms with Gasteiger partial charge in [0.1, 0.15) is 5.76 Å². The number of nitrogens with two attached hydrogens (primary N) is 1. The fraction of sp³-hybridized carbons (Fsp3) is 0.318. The molecule has 1 atom stereocenters. The van der Waals surface area contributed by atoms with Crippen molar-refractivity contribution in [3.8, 4) is 0 Å². The van der Waals surface area contributed by atoms with Crippen molar-refractivity contribution in [2.45, 2.75) is 38.3 Å². The van der Waals surface area contributed by atoms with Gasteiger partial charge in [-0.3, -0.25) is 14.7 Å². The van der Waals surface area contributed by atoms with Crippen LogP contribution in [0.3, 0.4) is 0 Å². The molecule has 6 nitrogen and oxygen atoms in total. The smallest absolute Gasteiger partial charge is 0.248 e. The van der Waals surface area contributed by atoms with Gasteiger partial charge in [0.05, 0.1) is 17.9 Å². The molecular weight excluding hydrogens is 352 g/mol. The Morgan fingerprint density at radius 1 is 1.29 bits per heavy atom. The van der Waals surface area contributed by atoms with Crippen molar-refractivity contribution in [3.63, 3.8) is 0 Å². The third-order valence-corrected chi connectivity index (χ3v) is 5.33. The predicted octanol–water partition coefficient (Wildman–Crippen LogP) is 3.29. The van der Waals surface area contributed by atoms with Crippen LogP contribution < -0.4 is 5.73 Å². The maximum absolute atomic E-state index is 11.6. The van der Waals surface area contributed by atoms with Gasteiger partial charge in [0.15, 0.2) is 6.39 Å². The summed E-state index contributed by atoms with van der Waals surface area (Å²) < 4.78 is 5.43. The van der Waals surface area contributed by atoms with Crippen molar-refractivity contribution < 1.29 is 9.21 Å². The molecule has 2 aromatic heterocycles. The Hall–Kier alpha value is -2.99. The van der Waals surface area contributed by atoms with Crippen molar-refractivity contribution in [2.75, 3.05) is 6.54 Å². The third-order valence-electron chi connectivity index (χ3n) is 5.33. The molecule has 0 fully saturated rings. The lowest BCUT2D eigenvalue weighted by Gasteiger charge is -2.35. The maximum Gasteiger partial charge on any atom is 0.248 e. The van der Waals surface area contributed by atoms with Crippen LogP contribution in [0.15, 0.2) is 59.6 Å². The van der Waals surface area contributed by atoms with Crippen LogP contribution in [0.1, 0.15) is 51.8 Å². The monoisotopic (exact) mass is 376 g/mol. The number of aromatic nitrogens is 2. The molecule has 0 saturated carbocycles. The summed E-state index contributed by atoms with van der Waals surface area (Å²) in [4.78, 5) is 22.7. The molecule has 0 radical (unpaired) electrons. The normalized spacial score (nSPS) is 16.1. The molecule has 144 valence electrons. The van der Waals surface area contributed by atoms with Crippen molar-refractivity contribution in [3.05, 3.63) is 83.3 Å². The molecule has 1 aliphatic rings. The number of benzene rings is 1. The summed E-state index contributed by atoms with van der Waals surface area (Å²) in [5.74, 6) is 0.465. The second-order valence-corrected chi connectivity index (χ2v) is 7.21. The van der Waals surface area contributed by atoms with Gasteiger partial charge in [-0.2, -0.15) is 0 Å². The fourth-order valence-electron chi connectivity index (χ4n) is 3.96. The van der Waals surface area contributed by atoms with Crippen molar-refractivity contribution >= 4 is 5.91 Å². The molecule has 6 heteroatoms. The summed E-state index contributed by atoms with van der Waals surface area (Å²) in [7, 11) is 0. The molecule has 28 heavy (non-hydrogen) atoms. The largest absolute Gasteiger partial charge is 0.448 e. The summed E-state index contributed by atoms with van der Waals surface area (Å²) in [5.41, 5.74) is 9.56. The lowest BCUT2D eigenvalue weighted by atomic mass is 9.90. The number of hydrogen-bond acceptors (Lipinski definition) is 5. The minimum absolute atomic E-state index is 0.241. The molecule has 0 aliphatic heterocycles. The number of pyridine rings is 1. The van der Waals surface area contributed by atoms with Crippen molar-refractivity contribution in [1.29, 1.82) is 0 Å². The number of primary amides is 1. The van der Waals surface area contributed by atoms with E-state index in [2.05, 4.69) is 16.0 Å². The van der Waals surface area contributed by atoms with E-state index in [9.17, 15) is 4.79 Å². The SMILES string of the molecule is NC(=O)c1cccc(CN(CCc2cnco2)C2CCCc3cccnc32)c1. The van der Waals surface area contributed by atoms with Gasteiger partial charge in [-0.05, 0) is 48.6 Å². The van der Waals surface area contributed by atoms with Gasteiger partial charge in [-0.25, -0.2) is 4.98 Å². The second-order valence-electron chi connectivity index (χ2n) is 7.21. The van der Waals surface area contributed by atoms with E-state index in [1.165, 1.54) is 12.0 Å². The highest BCUT2D eigenvalue weighted by Gasteiger charge is 2.27. The van der Waals surface area contributed by atoms with E-state index in [-0.39, 0.29) is 6.04 Å². The highest BCUT2D eigenvalue weighted by atomic mass is 16.3. The van der Waals surface area contributed by atoms with Gasteiger partial charge in [0.25, 0.3) is 0 Å². The molecule has 0 saturated heterocycles.